The van der Waals surface area contributed by atoms with Gasteiger partial charge >= 0.3 is 6.01 Å². The van der Waals surface area contributed by atoms with Crippen LogP contribution in [0, 0.1) is 5.92 Å². The highest BCUT2D eigenvalue weighted by molar-refractivity contribution is 5.55. The van der Waals surface area contributed by atoms with Gasteiger partial charge in [0.05, 0.1) is 0 Å². The van der Waals surface area contributed by atoms with Crippen LogP contribution in [0.4, 0.5) is 6.01 Å². The Morgan fingerprint density at radius 2 is 2.16 bits per heavy atom. The SMILES string of the molecule is OC[C@H]1CCCN(c2nc(-c3ccccc3)no2)C1. The summed E-state index contributed by atoms with van der Waals surface area (Å²) >= 11 is 0. The van der Waals surface area contributed by atoms with Crippen LogP contribution in [0.25, 0.3) is 11.4 Å². The summed E-state index contributed by atoms with van der Waals surface area (Å²) in [4.78, 5) is 6.50. The third kappa shape index (κ3) is 2.61. The number of aliphatic hydroxyl groups is 1. The molecule has 0 amide bonds. The molecule has 0 unspecified atom stereocenters. The van der Waals surface area contributed by atoms with Crippen molar-refractivity contribution < 1.29 is 9.63 Å². The molecule has 1 aliphatic heterocycles. The summed E-state index contributed by atoms with van der Waals surface area (Å²) in [6, 6.07) is 10.3. The van der Waals surface area contributed by atoms with E-state index >= 15 is 0 Å². The summed E-state index contributed by atoms with van der Waals surface area (Å²) in [5, 5.41) is 13.3. The van der Waals surface area contributed by atoms with Crippen LogP contribution in [0.15, 0.2) is 34.9 Å². The van der Waals surface area contributed by atoms with Gasteiger partial charge in [-0.2, -0.15) is 4.98 Å². The second-order valence-corrected chi connectivity index (χ2v) is 4.90. The summed E-state index contributed by atoms with van der Waals surface area (Å²) in [6.07, 6.45) is 2.11. The van der Waals surface area contributed by atoms with Crippen molar-refractivity contribution in [3.8, 4) is 11.4 Å². The molecule has 19 heavy (non-hydrogen) atoms. The second kappa shape index (κ2) is 5.40. The molecule has 0 bridgehead atoms. The van der Waals surface area contributed by atoms with Crippen LogP contribution in [0.5, 0.6) is 0 Å². The van der Waals surface area contributed by atoms with E-state index in [1.807, 2.05) is 30.3 Å². The van der Waals surface area contributed by atoms with Gasteiger partial charge in [-0.25, -0.2) is 0 Å². The summed E-state index contributed by atoms with van der Waals surface area (Å²) in [5.74, 6) is 0.919. The molecule has 1 N–H and O–H groups in total. The number of piperidine rings is 1. The van der Waals surface area contributed by atoms with Crippen molar-refractivity contribution in [2.75, 3.05) is 24.6 Å². The predicted octanol–water partition coefficient (Wildman–Crippen LogP) is 1.95. The van der Waals surface area contributed by atoms with E-state index in [1.54, 1.807) is 0 Å². The average molecular weight is 259 g/mol. The lowest BCUT2D eigenvalue weighted by atomic mass is 9.99. The van der Waals surface area contributed by atoms with Crippen molar-refractivity contribution in [3.05, 3.63) is 30.3 Å². The van der Waals surface area contributed by atoms with Gasteiger partial charge in [-0.3, -0.25) is 0 Å². The van der Waals surface area contributed by atoms with E-state index in [0.717, 1.165) is 31.5 Å². The maximum absolute atomic E-state index is 9.25. The van der Waals surface area contributed by atoms with Gasteiger partial charge in [-0.15, -0.1) is 0 Å². The molecule has 1 aliphatic rings. The number of anilines is 1. The summed E-state index contributed by atoms with van der Waals surface area (Å²) < 4.78 is 5.33. The zero-order valence-corrected chi connectivity index (χ0v) is 10.7. The molecule has 2 heterocycles. The molecule has 0 radical (unpaired) electrons. The average Bonchev–Trinajstić information content (AvgIpc) is 2.98. The molecule has 100 valence electrons. The van der Waals surface area contributed by atoms with Gasteiger partial charge in [0.1, 0.15) is 0 Å². The fraction of sp³-hybridized carbons (Fsp3) is 0.429. The molecule has 3 rings (SSSR count). The Morgan fingerprint density at radius 1 is 1.32 bits per heavy atom. The smallest absolute Gasteiger partial charge is 0.324 e. The quantitative estimate of drug-likeness (QED) is 0.912. The fourth-order valence-corrected chi connectivity index (χ4v) is 2.44. The summed E-state index contributed by atoms with van der Waals surface area (Å²) in [6.45, 7) is 1.91. The number of aromatic nitrogens is 2. The minimum Gasteiger partial charge on any atom is -0.396 e. The minimum absolute atomic E-state index is 0.218. The van der Waals surface area contributed by atoms with Crippen molar-refractivity contribution in [2.24, 2.45) is 5.92 Å². The second-order valence-electron chi connectivity index (χ2n) is 4.90. The molecule has 1 atom stereocenters. The van der Waals surface area contributed by atoms with Gasteiger partial charge in [0.2, 0.25) is 5.82 Å². The minimum atomic E-state index is 0.218. The van der Waals surface area contributed by atoms with Gasteiger partial charge in [-0.1, -0.05) is 35.5 Å². The van der Waals surface area contributed by atoms with Gasteiger partial charge in [0.25, 0.3) is 0 Å². The third-order valence-electron chi connectivity index (χ3n) is 3.50. The van der Waals surface area contributed by atoms with E-state index in [4.69, 9.17) is 4.52 Å². The van der Waals surface area contributed by atoms with Crippen molar-refractivity contribution in [1.29, 1.82) is 0 Å². The van der Waals surface area contributed by atoms with Crippen LogP contribution in [0.1, 0.15) is 12.8 Å². The standard InChI is InChI=1S/C14H17N3O2/c18-10-11-5-4-8-17(9-11)14-15-13(16-19-14)12-6-2-1-3-7-12/h1-3,6-7,11,18H,4-5,8-10H2/t11-/m0/s1. The first-order chi connectivity index (χ1) is 9.36. The third-order valence-corrected chi connectivity index (χ3v) is 3.50. The Kier molecular flexibility index (Phi) is 3.46. The maximum atomic E-state index is 9.25. The van der Waals surface area contributed by atoms with Crippen LogP contribution >= 0.6 is 0 Å². The number of aliphatic hydroxyl groups excluding tert-OH is 1. The lowest BCUT2D eigenvalue weighted by Gasteiger charge is -2.29. The number of hydrogen-bond acceptors (Lipinski definition) is 5. The van der Waals surface area contributed by atoms with Crippen LogP contribution in [-0.2, 0) is 0 Å². The van der Waals surface area contributed by atoms with E-state index in [2.05, 4.69) is 15.0 Å². The predicted molar refractivity (Wildman–Crippen MR) is 71.8 cm³/mol. The molecule has 5 nitrogen and oxygen atoms in total. The topological polar surface area (TPSA) is 62.4 Å². The first-order valence-electron chi connectivity index (χ1n) is 6.62. The van der Waals surface area contributed by atoms with E-state index in [0.29, 0.717) is 17.8 Å². The number of rotatable bonds is 3. The van der Waals surface area contributed by atoms with Gasteiger partial charge < -0.3 is 14.5 Å². The van der Waals surface area contributed by atoms with Gasteiger partial charge in [0, 0.05) is 25.3 Å². The van der Waals surface area contributed by atoms with E-state index in [-0.39, 0.29) is 6.61 Å². The first kappa shape index (κ1) is 12.2. The molecule has 0 spiro atoms. The fourth-order valence-electron chi connectivity index (χ4n) is 2.44. The van der Waals surface area contributed by atoms with Crippen LogP contribution in [-0.4, -0.2) is 34.9 Å². The van der Waals surface area contributed by atoms with Crippen molar-refractivity contribution in [2.45, 2.75) is 12.8 Å². The Hall–Kier alpha value is -1.88. The maximum Gasteiger partial charge on any atom is 0.324 e. The van der Waals surface area contributed by atoms with Gasteiger partial charge in [0.15, 0.2) is 0 Å². The molecule has 5 heteroatoms. The first-order valence-corrected chi connectivity index (χ1v) is 6.62. The van der Waals surface area contributed by atoms with Crippen molar-refractivity contribution >= 4 is 6.01 Å². The molecule has 0 saturated carbocycles. The van der Waals surface area contributed by atoms with Crippen molar-refractivity contribution in [3.63, 3.8) is 0 Å². The monoisotopic (exact) mass is 259 g/mol. The summed E-state index contributed by atoms with van der Waals surface area (Å²) in [7, 11) is 0. The molecule has 1 aromatic carbocycles. The zero-order chi connectivity index (χ0) is 13.1. The molecule has 1 aromatic heterocycles. The number of benzene rings is 1. The Bertz CT molecular complexity index is 526. The van der Waals surface area contributed by atoms with Gasteiger partial charge in [-0.05, 0) is 18.8 Å². The molecular weight excluding hydrogens is 242 g/mol. The highest BCUT2D eigenvalue weighted by Gasteiger charge is 2.23. The molecule has 2 aromatic rings. The lowest BCUT2D eigenvalue weighted by molar-refractivity contribution is 0.205. The largest absolute Gasteiger partial charge is 0.396 e. The molecule has 1 saturated heterocycles. The Labute approximate surface area is 111 Å². The van der Waals surface area contributed by atoms with E-state index in [9.17, 15) is 5.11 Å². The molecule has 1 fully saturated rings. The highest BCUT2D eigenvalue weighted by Crippen LogP contribution is 2.24. The van der Waals surface area contributed by atoms with Crippen LogP contribution in [0.3, 0.4) is 0 Å². The molecular formula is C14H17N3O2. The molecule has 0 aliphatic carbocycles. The highest BCUT2D eigenvalue weighted by atomic mass is 16.5. The Morgan fingerprint density at radius 3 is 2.95 bits per heavy atom. The van der Waals surface area contributed by atoms with Crippen LogP contribution in [0.2, 0.25) is 0 Å². The van der Waals surface area contributed by atoms with E-state index < -0.39 is 0 Å². The lowest BCUT2D eigenvalue weighted by Crippen LogP contribution is -2.36. The normalized spacial score (nSPS) is 19.6. The Balaban J connectivity index is 1.78. The van der Waals surface area contributed by atoms with E-state index in [1.165, 1.54) is 0 Å². The van der Waals surface area contributed by atoms with Crippen molar-refractivity contribution in [1.82, 2.24) is 10.1 Å². The number of nitrogens with zero attached hydrogens (tertiary/aromatic N) is 3. The zero-order valence-electron chi connectivity index (χ0n) is 10.7. The van der Waals surface area contributed by atoms with Crippen LogP contribution < -0.4 is 4.90 Å². The number of hydrogen-bond donors (Lipinski definition) is 1. The summed E-state index contributed by atoms with van der Waals surface area (Å²) in [5.41, 5.74) is 0.952.